The fourth-order valence-electron chi connectivity index (χ4n) is 2.96. The standard InChI is InChI=1S/C17H16F2N4O4S/c18-12-3-4-13(19)15(10-12)28(24,25)23-7-5-22(6-8-23)11-16-20-17(21-27-16)14-2-1-9-26-14/h1-4,9-10H,5-8,11H2. The normalized spacial score (nSPS) is 16.5. The molecular weight excluding hydrogens is 394 g/mol. The van der Waals surface area contributed by atoms with Crippen molar-refractivity contribution in [1.82, 2.24) is 19.3 Å². The Bertz CT molecular complexity index is 1060. The van der Waals surface area contributed by atoms with Crippen LogP contribution < -0.4 is 0 Å². The number of sulfonamides is 1. The van der Waals surface area contributed by atoms with Crippen LogP contribution in [-0.2, 0) is 16.6 Å². The molecular formula is C17H16F2N4O4S. The van der Waals surface area contributed by atoms with Gasteiger partial charge in [-0.3, -0.25) is 4.90 Å². The first-order chi connectivity index (χ1) is 13.4. The Labute approximate surface area is 159 Å². The highest BCUT2D eigenvalue weighted by molar-refractivity contribution is 7.89. The molecule has 1 aliphatic rings. The van der Waals surface area contributed by atoms with E-state index in [1.54, 1.807) is 12.1 Å². The first-order valence-corrected chi connectivity index (χ1v) is 9.91. The third-order valence-electron chi connectivity index (χ3n) is 4.41. The molecule has 0 spiro atoms. The van der Waals surface area contributed by atoms with Gasteiger partial charge in [-0.2, -0.15) is 9.29 Å². The quantitative estimate of drug-likeness (QED) is 0.636. The Morgan fingerprint density at radius 3 is 2.61 bits per heavy atom. The maximum Gasteiger partial charge on any atom is 0.246 e. The van der Waals surface area contributed by atoms with Crippen LogP contribution in [0.1, 0.15) is 5.89 Å². The summed E-state index contributed by atoms with van der Waals surface area (Å²) in [5.74, 6) is -0.577. The van der Waals surface area contributed by atoms with Crippen LogP contribution in [0.25, 0.3) is 11.6 Å². The fourth-order valence-corrected chi connectivity index (χ4v) is 4.46. The van der Waals surface area contributed by atoms with Gasteiger partial charge >= 0.3 is 0 Å². The highest BCUT2D eigenvalue weighted by Crippen LogP contribution is 2.22. The van der Waals surface area contributed by atoms with Crippen molar-refractivity contribution < 1.29 is 26.1 Å². The third kappa shape index (κ3) is 3.68. The number of furan rings is 1. The number of benzene rings is 1. The summed E-state index contributed by atoms with van der Waals surface area (Å²) in [4.78, 5) is 5.53. The van der Waals surface area contributed by atoms with E-state index in [0.29, 0.717) is 43.2 Å². The first-order valence-electron chi connectivity index (χ1n) is 8.47. The molecule has 3 heterocycles. The van der Waals surface area contributed by atoms with Crippen molar-refractivity contribution in [1.29, 1.82) is 0 Å². The summed E-state index contributed by atoms with van der Waals surface area (Å²) in [5.41, 5.74) is 0. The first kappa shape index (κ1) is 18.7. The Balaban J connectivity index is 1.40. The van der Waals surface area contributed by atoms with Crippen molar-refractivity contribution in [2.24, 2.45) is 0 Å². The number of piperazine rings is 1. The smallest absolute Gasteiger partial charge is 0.246 e. The maximum absolute atomic E-state index is 13.9. The van der Waals surface area contributed by atoms with E-state index in [9.17, 15) is 17.2 Å². The van der Waals surface area contributed by atoms with Crippen molar-refractivity contribution >= 4 is 10.0 Å². The van der Waals surface area contributed by atoms with Gasteiger partial charge in [-0.25, -0.2) is 17.2 Å². The molecule has 0 unspecified atom stereocenters. The molecule has 28 heavy (non-hydrogen) atoms. The van der Waals surface area contributed by atoms with Crippen molar-refractivity contribution in [3.63, 3.8) is 0 Å². The molecule has 1 fully saturated rings. The van der Waals surface area contributed by atoms with E-state index in [-0.39, 0.29) is 13.1 Å². The van der Waals surface area contributed by atoms with E-state index in [2.05, 4.69) is 10.1 Å². The summed E-state index contributed by atoms with van der Waals surface area (Å²) >= 11 is 0. The fraction of sp³-hybridized carbons (Fsp3) is 0.294. The minimum Gasteiger partial charge on any atom is -0.461 e. The Morgan fingerprint density at radius 1 is 1.11 bits per heavy atom. The highest BCUT2D eigenvalue weighted by Gasteiger charge is 2.31. The van der Waals surface area contributed by atoms with Gasteiger partial charge in [0.2, 0.25) is 21.7 Å². The predicted molar refractivity (Wildman–Crippen MR) is 92.4 cm³/mol. The number of nitrogens with zero attached hydrogens (tertiary/aromatic N) is 4. The van der Waals surface area contributed by atoms with E-state index >= 15 is 0 Å². The van der Waals surface area contributed by atoms with Gasteiger partial charge in [-0.1, -0.05) is 5.16 Å². The molecule has 0 atom stereocenters. The van der Waals surface area contributed by atoms with Gasteiger partial charge in [-0.15, -0.1) is 0 Å². The van der Waals surface area contributed by atoms with E-state index in [1.165, 1.54) is 6.26 Å². The Kier molecular flexibility index (Phi) is 4.96. The van der Waals surface area contributed by atoms with Crippen molar-refractivity contribution in [2.75, 3.05) is 26.2 Å². The number of hydrogen-bond acceptors (Lipinski definition) is 7. The summed E-state index contributed by atoms with van der Waals surface area (Å²) < 4.78 is 64.0. The molecule has 1 saturated heterocycles. The van der Waals surface area contributed by atoms with E-state index in [0.717, 1.165) is 16.4 Å². The van der Waals surface area contributed by atoms with Crippen molar-refractivity contribution in [3.8, 4) is 11.6 Å². The average Bonchev–Trinajstić information content (AvgIpc) is 3.36. The van der Waals surface area contributed by atoms with Gasteiger partial charge in [0.1, 0.15) is 16.5 Å². The lowest BCUT2D eigenvalue weighted by Gasteiger charge is -2.33. The summed E-state index contributed by atoms with van der Waals surface area (Å²) in [6, 6.07) is 5.82. The monoisotopic (exact) mass is 410 g/mol. The summed E-state index contributed by atoms with van der Waals surface area (Å²) in [5, 5.41) is 3.85. The molecule has 0 aliphatic carbocycles. The van der Waals surface area contributed by atoms with Crippen LogP contribution in [-0.4, -0.2) is 53.9 Å². The van der Waals surface area contributed by atoms with Gasteiger partial charge in [-0.05, 0) is 30.3 Å². The molecule has 0 radical (unpaired) electrons. The molecule has 2 aromatic heterocycles. The Hall–Kier alpha value is -2.63. The minimum atomic E-state index is -4.11. The Morgan fingerprint density at radius 2 is 1.89 bits per heavy atom. The van der Waals surface area contributed by atoms with Crippen LogP contribution in [0.5, 0.6) is 0 Å². The molecule has 1 aliphatic heterocycles. The van der Waals surface area contributed by atoms with Crippen LogP contribution in [0.15, 0.2) is 50.4 Å². The van der Waals surface area contributed by atoms with Gasteiger partial charge in [0.05, 0.1) is 12.8 Å². The molecule has 0 N–H and O–H groups in total. The number of halogens is 2. The van der Waals surface area contributed by atoms with Gasteiger partial charge < -0.3 is 8.94 Å². The molecule has 8 nitrogen and oxygen atoms in total. The van der Waals surface area contributed by atoms with Crippen LogP contribution in [0.3, 0.4) is 0 Å². The lowest BCUT2D eigenvalue weighted by molar-refractivity contribution is 0.163. The molecule has 148 valence electrons. The average molecular weight is 410 g/mol. The van der Waals surface area contributed by atoms with Gasteiger partial charge in [0.25, 0.3) is 0 Å². The lowest BCUT2D eigenvalue weighted by atomic mass is 10.3. The second-order valence-electron chi connectivity index (χ2n) is 6.24. The predicted octanol–water partition coefficient (Wildman–Crippen LogP) is 2.11. The summed E-state index contributed by atoms with van der Waals surface area (Å²) in [7, 11) is -4.11. The largest absolute Gasteiger partial charge is 0.461 e. The van der Waals surface area contributed by atoms with E-state index in [1.807, 2.05) is 4.90 Å². The van der Waals surface area contributed by atoms with Crippen LogP contribution in [0, 0.1) is 11.6 Å². The van der Waals surface area contributed by atoms with Crippen LogP contribution >= 0.6 is 0 Å². The summed E-state index contributed by atoms with van der Waals surface area (Å²) in [6.45, 7) is 1.38. The van der Waals surface area contributed by atoms with Crippen LogP contribution in [0.2, 0.25) is 0 Å². The van der Waals surface area contributed by atoms with E-state index in [4.69, 9.17) is 8.94 Å². The molecule has 11 heteroatoms. The summed E-state index contributed by atoms with van der Waals surface area (Å²) in [6.07, 6.45) is 1.51. The number of hydrogen-bond donors (Lipinski definition) is 0. The van der Waals surface area contributed by atoms with Gasteiger partial charge in [0, 0.05) is 26.2 Å². The number of aromatic nitrogens is 2. The number of rotatable bonds is 5. The molecule has 0 amide bonds. The molecule has 1 aromatic carbocycles. The second-order valence-corrected chi connectivity index (χ2v) is 8.15. The molecule has 3 aromatic rings. The lowest BCUT2D eigenvalue weighted by Crippen LogP contribution is -2.48. The SMILES string of the molecule is O=S(=O)(c1cc(F)ccc1F)N1CCN(Cc2nc(-c3ccco3)no2)CC1. The zero-order chi connectivity index (χ0) is 19.7. The minimum absolute atomic E-state index is 0.136. The van der Waals surface area contributed by atoms with Crippen molar-refractivity contribution in [3.05, 3.63) is 54.1 Å². The second kappa shape index (κ2) is 7.41. The topological polar surface area (TPSA) is 92.7 Å². The third-order valence-corrected chi connectivity index (χ3v) is 6.32. The zero-order valence-corrected chi connectivity index (χ0v) is 15.4. The molecule has 4 rings (SSSR count). The van der Waals surface area contributed by atoms with Gasteiger partial charge in [0.15, 0.2) is 5.76 Å². The van der Waals surface area contributed by atoms with E-state index < -0.39 is 26.6 Å². The maximum atomic E-state index is 13.9. The van der Waals surface area contributed by atoms with Crippen molar-refractivity contribution in [2.45, 2.75) is 11.4 Å². The molecule has 0 saturated carbocycles. The molecule has 0 bridgehead atoms. The zero-order valence-electron chi connectivity index (χ0n) is 14.6. The highest BCUT2D eigenvalue weighted by atomic mass is 32.2. The van der Waals surface area contributed by atoms with Crippen LogP contribution in [0.4, 0.5) is 8.78 Å².